The van der Waals surface area contributed by atoms with Crippen LogP contribution in [0.1, 0.15) is 26.7 Å². The summed E-state index contributed by atoms with van der Waals surface area (Å²) < 4.78 is 0. The molecule has 0 fully saturated rings. The van der Waals surface area contributed by atoms with Crippen molar-refractivity contribution in [3.63, 3.8) is 0 Å². The summed E-state index contributed by atoms with van der Waals surface area (Å²) in [5.41, 5.74) is 0. The van der Waals surface area contributed by atoms with Gasteiger partial charge < -0.3 is 0 Å². The Morgan fingerprint density at radius 3 is 2.50 bits per heavy atom. The molecule has 0 radical (unpaired) electrons. The van der Waals surface area contributed by atoms with Gasteiger partial charge in [-0.15, -0.1) is 0 Å². The topological polar surface area (TPSA) is 17.1 Å². The second-order valence-corrected chi connectivity index (χ2v) is 2.07. The first kappa shape index (κ1) is 9.15. The van der Waals surface area contributed by atoms with Crippen LogP contribution in [0.4, 0.5) is 0 Å². The summed E-state index contributed by atoms with van der Waals surface area (Å²) >= 11 is 0. The van der Waals surface area contributed by atoms with Crippen molar-refractivity contribution >= 4 is 5.78 Å². The average molecular weight is 138 g/mol. The summed E-state index contributed by atoms with van der Waals surface area (Å²) in [6.07, 6.45) is 8.85. The average Bonchev–Trinajstić information content (AvgIpc) is 1.89. The lowest BCUT2D eigenvalue weighted by atomic mass is 10.2. The van der Waals surface area contributed by atoms with E-state index in [4.69, 9.17) is 0 Å². The fraction of sp³-hybridized carbons (Fsp3) is 0.444. The van der Waals surface area contributed by atoms with Crippen LogP contribution in [0, 0.1) is 0 Å². The zero-order chi connectivity index (χ0) is 7.82. The molecule has 0 unspecified atom stereocenters. The molecule has 0 atom stereocenters. The molecule has 0 aromatic carbocycles. The maximum absolute atomic E-state index is 10.8. The lowest BCUT2D eigenvalue weighted by Gasteiger charge is -1.87. The summed E-state index contributed by atoms with van der Waals surface area (Å²) in [5, 5.41) is 0. The Kier molecular flexibility index (Phi) is 5.74. The van der Waals surface area contributed by atoms with Crippen molar-refractivity contribution in [3.05, 3.63) is 24.3 Å². The van der Waals surface area contributed by atoms with Crippen LogP contribution in [0.5, 0.6) is 0 Å². The van der Waals surface area contributed by atoms with Gasteiger partial charge in [-0.05, 0) is 26.3 Å². The highest BCUT2D eigenvalue weighted by Crippen LogP contribution is 1.93. The minimum Gasteiger partial charge on any atom is -0.295 e. The number of rotatable bonds is 4. The molecule has 0 N–H and O–H groups in total. The van der Waals surface area contributed by atoms with E-state index >= 15 is 0 Å². The van der Waals surface area contributed by atoms with Gasteiger partial charge in [0.2, 0.25) is 0 Å². The largest absolute Gasteiger partial charge is 0.295 e. The first-order valence-electron chi connectivity index (χ1n) is 3.58. The van der Waals surface area contributed by atoms with Crippen LogP contribution in [-0.2, 0) is 4.79 Å². The number of ketones is 1. The van der Waals surface area contributed by atoms with Crippen LogP contribution in [0.15, 0.2) is 24.3 Å². The van der Waals surface area contributed by atoms with E-state index in [9.17, 15) is 4.79 Å². The minimum atomic E-state index is 0.209. The van der Waals surface area contributed by atoms with Gasteiger partial charge in [-0.2, -0.15) is 0 Å². The summed E-state index contributed by atoms with van der Waals surface area (Å²) in [7, 11) is 0. The highest BCUT2D eigenvalue weighted by atomic mass is 16.1. The maximum Gasteiger partial charge on any atom is 0.155 e. The fourth-order valence-corrected chi connectivity index (χ4v) is 0.661. The van der Waals surface area contributed by atoms with E-state index in [0.717, 1.165) is 6.42 Å². The normalized spacial score (nSPS) is 11.4. The molecule has 0 aliphatic heterocycles. The van der Waals surface area contributed by atoms with Crippen molar-refractivity contribution in [2.24, 2.45) is 0 Å². The maximum atomic E-state index is 10.8. The molecule has 0 aromatic rings. The van der Waals surface area contributed by atoms with E-state index in [0.29, 0.717) is 6.42 Å². The van der Waals surface area contributed by atoms with Crippen molar-refractivity contribution in [1.82, 2.24) is 0 Å². The molecule has 1 heteroatoms. The first-order valence-corrected chi connectivity index (χ1v) is 3.58. The van der Waals surface area contributed by atoms with E-state index in [1.807, 2.05) is 26.0 Å². The Labute approximate surface area is 62.4 Å². The van der Waals surface area contributed by atoms with Crippen molar-refractivity contribution in [1.29, 1.82) is 0 Å². The van der Waals surface area contributed by atoms with Gasteiger partial charge in [0.05, 0.1) is 0 Å². The second kappa shape index (κ2) is 6.27. The molecule has 0 bridgehead atoms. The highest BCUT2D eigenvalue weighted by Gasteiger charge is 1.90. The number of carbonyl (C=O) groups is 1. The summed E-state index contributed by atoms with van der Waals surface area (Å²) in [6, 6.07) is 0. The smallest absolute Gasteiger partial charge is 0.155 e. The molecule has 0 amide bonds. The predicted molar refractivity (Wildman–Crippen MR) is 43.9 cm³/mol. The molecular weight excluding hydrogens is 124 g/mol. The molecule has 0 aromatic heterocycles. The van der Waals surface area contributed by atoms with Gasteiger partial charge in [0, 0.05) is 6.42 Å². The van der Waals surface area contributed by atoms with Crippen LogP contribution in [-0.4, -0.2) is 5.78 Å². The SMILES string of the molecule is CC=CCCC(=O)/C=C/C. The summed E-state index contributed by atoms with van der Waals surface area (Å²) in [5.74, 6) is 0.209. The third-order valence-corrected chi connectivity index (χ3v) is 1.15. The Morgan fingerprint density at radius 1 is 1.30 bits per heavy atom. The van der Waals surface area contributed by atoms with Gasteiger partial charge in [0.25, 0.3) is 0 Å². The molecule has 0 saturated carbocycles. The third kappa shape index (κ3) is 5.29. The number of hydrogen-bond acceptors (Lipinski definition) is 1. The third-order valence-electron chi connectivity index (χ3n) is 1.15. The summed E-state index contributed by atoms with van der Waals surface area (Å²) in [6.45, 7) is 3.81. The summed E-state index contributed by atoms with van der Waals surface area (Å²) in [4.78, 5) is 10.8. The van der Waals surface area contributed by atoms with Gasteiger partial charge in [-0.25, -0.2) is 0 Å². The zero-order valence-corrected chi connectivity index (χ0v) is 6.63. The van der Waals surface area contributed by atoms with Crippen molar-refractivity contribution in [3.8, 4) is 0 Å². The molecular formula is C9H14O. The van der Waals surface area contributed by atoms with Gasteiger partial charge >= 0.3 is 0 Å². The lowest BCUT2D eigenvalue weighted by Crippen LogP contribution is -1.89. The monoisotopic (exact) mass is 138 g/mol. The van der Waals surface area contributed by atoms with Crippen LogP contribution in [0.3, 0.4) is 0 Å². The van der Waals surface area contributed by atoms with Crippen molar-refractivity contribution < 1.29 is 4.79 Å². The van der Waals surface area contributed by atoms with Crippen LogP contribution >= 0.6 is 0 Å². The van der Waals surface area contributed by atoms with E-state index < -0.39 is 0 Å². The van der Waals surface area contributed by atoms with Crippen LogP contribution < -0.4 is 0 Å². The quantitative estimate of drug-likeness (QED) is 0.431. The van der Waals surface area contributed by atoms with Gasteiger partial charge in [-0.3, -0.25) is 4.79 Å². The first-order chi connectivity index (χ1) is 4.81. The van der Waals surface area contributed by atoms with Crippen LogP contribution in [0.2, 0.25) is 0 Å². The molecule has 0 rings (SSSR count). The number of carbonyl (C=O) groups excluding carboxylic acids is 1. The lowest BCUT2D eigenvalue weighted by molar-refractivity contribution is -0.114. The predicted octanol–water partition coefficient (Wildman–Crippen LogP) is 2.49. The second-order valence-electron chi connectivity index (χ2n) is 2.07. The van der Waals surface area contributed by atoms with E-state index in [2.05, 4.69) is 0 Å². The van der Waals surface area contributed by atoms with E-state index in [-0.39, 0.29) is 5.78 Å². The zero-order valence-electron chi connectivity index (χ0n) is 6.63. The van der Waals surface area contributed by atoms with Crippen molar-refractivity contribution in [2.45, 2.75) is 26.7 Å². The van der Waals surface area contributed by atoms with Gasteiger partial charge in [-0.1, -0.05) is 18.2 Å². The fourth-order valence-electron chi connectivity index (χ4n) is 0.661. The van der Waals surface area contributed by atoms with Gasteiger partial charge in [0.15, 0.2) is 5.78 Å². The molecule has 1 nitrogen and oxygen atoms in total. The van der Waals surface area contributed by atoms with Gasteiger partial charge in [0.1, 0.15) is 0 Å². The molecule has 10 heavy (non-hydrogen) atoms. The Bertz CT molecular complexity index is 143. The number of hydrogen-bond donors (Lipinski definition) is 0. The van der Waals surface area contributed by atoms with Crippen molar-refractivity contribution in [2.75, 3.05) is 0 Å². The Hall–Kier alpha value is -0.850. The molecule has 0 heterocycles. The standard InChI is InChI=1S/C9H14O/c1-3-5-6-8-9(10)7-4-2/h3-5,7H,6,8H2,1-2H3/b5-3?,7-4+. The highest BCUT2D eigenvalue weighted by molar-refractivity contribution is 5.89. The molecule has 56 valence electrons. The number of allylic oxidation sites excluding steroid dienone is 4. The van der Waals surface area contributed by atoms with Crippen LogP contribution in [0.25, 0.3) is 0 Å². The van der Waals surface area contributed by atoms with E-state index in [1.165, 1.54) is 0 Å². The Balaban J connectivity index is 3.40. The molecule has 0 aliphatic rings. The van der Waals surface area contributed by atoms with E-state index in [1.54, 1.807) is 12.2 Å². The molecule has 0 saturated heterocycles. The molecule has 0 aliphatic carbocycles. The minimum absolute atomic E-state index is 0.209. The molecule has 0 spiro atoms. The Morgan fingerprint density at radius 2 is 2.00 bits per heavy atom.